The second kappa shape index (κ2) is 4.75. The first kappa shape index (κ1) is 8.90. The van der Waals surface area contributed by atoms with Crippen molar-refractivity contribution in [3.05, 3.63) is 10.1 Å². The van der Waals surface area contributed by atoms with Crippen molar-refractivity contribution in [1.29, 1.82) is 0 Å². The van der Waals surface area contributed by atoms with Crippen LogP contribution in [0.3, 0.4) is 0 Å². The van der Waals surface area contributed by atoms with Gasteiger partial charge in [0.2, 0.25) is 0 Å². The molecule has 0 amide bonds. The van der Waals surface area contributed by atoms with E-state index in [0.717, 1.165) is 0 Å². The largest absolute Gasteiger partial charge is 0.121 e. The molecule has 0 aliphatic rings. The minimum atomic E-state index is 0.229. The first-order valence-electron chi connectivity index (χ1n) is 1.87. The second-order valence-electron chi connectivity index (χ2n) is 1.08. The van der Waals surface area contributed by atoms with Gasteiger partial charge >= 0.3 is 0 Å². The quantitative estimate of drug-likeness (QED) is 0.592. The molecule has 0 radical (unpaired) electrons. The average Bonchev–Trinajstić information content (AvgIpc) is 1.84. The molecule has 0 aromatic heterocycles. The Labute approximate surface area is 68.4 Å². The normalized spacial score (nSPS) is 13.5. The van der Waals surface area contributed by atoms with Crippen LogP contribution < -0.4 is 0 Å². The van der Waals surface area contributed by atoms with Crippen LogP contribution in [0.4, 0.5) is 0 Å². The molecule has 0 atom stereocenters. The smallest absolute Gasteiger partial charge is 0.0594 e. The molecule has 0 saturated heterocycles. The zero-order valence-electron chi connectivity index (χ0n) is 3.93. The average molecular weight is 194 g/mol. The fraction of sp³-hybridized carbons (Fsp3) is 0.500. The lowest BCUT2D eigenvalue weighted by Crippen LogP contribution is -1.79. The van der Waals surface area contributed by atoms with E-state index >= 15 is 0 Å². The Kier molecular flexibility index (Phi) is 5.28. The van der Waals surface area contributed by atoms with Gasteiger partial charge in [-0.15, -0.1) is 23.2 Å². The first-order chi connectivity index (χ1) is 3.72. The lowest BCUT2D eigenvalue weighted by atomic mass is 10.6. The summed E-state index contributed by atoms with van der Waals surface area (Å²) in [5.74, 6) is 0.459. The van der Waals surface area contributed by atoms with Gasteiger partial charge in [-0.3, -0.25) is 0 Å². The third-order valence-electron chi connectivity index (χ3n) is 0.529. The van der Waals surface area contributed by atoms with E-state index < -0.39 is 0 Å². The summed E-state index contributed by atoms with van der Waals surface area (Å²) in [7, 11) is 0. The Bertz CT molecular complexity index is 84.2. The van der Waals surface area contributed by atoms with Gasteiger partial charge in [0.15, 0.2) is 0 Å². The molecule has 4 heteroatoms. The monoisotopic (exact) mass is 192 g/mol. The van der Waals surface area contributed by atoms with Crippen LogP contribution in [0.15, 0.2) is 10.1 Å². The zero-order chi connectivity index (χ0) is 6.57. The third-order valence-corrected chi connectivity index (χ3v) is 2.16. The maximum atomic E-state index is 5.45. The summed E-state index contributed by atoms with van der Waals surface area (Å²) in [5.41, 5.74) is 0. The number of hydrogen-bond donors (Lipinski definition) is 0. The predicted octanol–water partition coefficient (Wildman–Crippen LogP) is 3.15. The van der Waals surface area contributed by atoms with Crippen LogP contribution >= 0.6 is 46.4 Å². The summed E-state index contributed by atoms with van der Waals surface area (Å²) in [6.45, 7) is 0. The molecule has 0 rings (SSSR count). The predicted molar refractivity (Wildman–Crippen MR) is 40.2 cm³/mol. The van der Waals surface area contributed by atoms with Crippen molar-refractivity contribution >= 4 is 46.4 Å². The molecule has 0 fully saturated rings. The van der Waals surface area contributed by atoms with Gasteiger partial charge in [0.05, 0.1) is 11.8 Å². The minimum Gasteiger partial charge on any atom is -0.121 e. The molecule has 0 aliphatic carbocycles. The zero-order valence-corrected chi connectivity index (χ0v) is 6.95. The highest BCUT2D eigenvalue weighted by Gasteiger charge is 1.96. The van der Waals surface area contributed by atoms with Gasteiger partial charge in [-0.25, -0.2) is 0 Å². The second-order valence-corrected chi connectivity index (χ2v) is 2.52. The standard InChI is InChI=1S/C4H4Cl4/c5-1-3(7)4(8)2-6/h1-2H2. The maximum Gasteiger partial charge on any atom is 0.0594 e. The first-order valence-corrected chi connectivity index (χ1v) is 3.69. The molecule has 0 spiro atoms. The van der Waals surface area contributed by atoms with E-state index in [1.54, 1.807) is 0 Å². The Balaban J connectivity index is 3.83. The summed E-state index contributed by atoms with van der Waals surface area (Å²) in [6, 6.07) is 0. The van der Waals surface area contributed by atoms with E-state index in [4.69, 9.17) is 46.4 Å². The van der Waals surface area contributed by atoms with E-state index in [1.165, 1.54) is 0 Å². The van der Waals surface area contributed by atoms with Crippen LogP contribution in [-0.2, 0) is 0 Å². The number of alkyl halides is 2. The van der Waals surface area contributed by atoms with Crippen molar-refractivity contribution in [3.63, 3.8) is 0 Å². The molecule has 48 valence electrons. The molecule has 0 N–H and O–H groups in total. The Hall–Kier alpha value is 0.900. The number of rotatable bonds is 2. The summed E-state index contributed by atoms with van der Waals surface area (Å²) < 4.78 is 0. The molecule has 0 aromatic carbocycles. The SMILES string of the molecule is ClCC(Cl)=C(Cl)CCl. The van der Waals surface area contributed by atoms with E-state index in [0.29, 0.717) is 10.1 Å². The van der Waals surface area contributed by atoms with Crippen LogP contribution in [-0.4, -0.2) is 11.8 Å². The van der Waals surface area contributed by atoms with E-state index in [-0.39, 0.29) is 11.8 Å². The van der Waals surface area contributed by atoms with Gasteiger partial charge in [-0.05, 0) is 0 Å². The van der Waals surface area contributed by atoms with E-state index in [1.807, 2.05) is 0 Å². The lowest BCUT2D eigenvalue weighted by molar-refractivity contribution is 1.55. The molecule has 8 heavy (non-hydrogen) atoms. The molecular weight excluding hydrogens is 190 g/mol. The van der Waals surface area contributed by atoms with Gasteiger partial charge in [-0.2, -0.15) is 0 Å². The van der Waals surface area contributed by atoms with Gasteiger partial charge in [0, 0.05) is 10.1 Å². The van der Waals surface area contributed by atoms with Crippen LogP contribution in [0.1, 0.15) is 0 Å². The molecule has 0 unspecified atom stereocenters. The summed E-state index contributed by atoms with van der Waals surface area (Å²) in [4.78, 5) is 0. The van der Waals surface area contributed by atoms with Crippen LogP contribution in [0.25, 0.3) is 0 Å². The van der Waals surface area contributed by atoms with Crippen molar-refractivity contribution in [2.45, 2.75) is 0 Å². The Morgan fingerprint density at radius 1 is 0.875 bits per heavy atom. The van der Waals surface area contributed by atoms with Gasteiger partial charge in [0.1, 0.15) is 0 Å². The van der Waals surface area contributed by atoms with Gasteiger partial charge in [0.25, 0.3) is 0 Å². The van der Waals surface area contributed by atoms with Crippen molar-refractivity contribution < 1.29 is 0 Å². The maximum absolute atomic E-state index is 5.45. The topological polar surface area (TPSA) is 0 Å². The van der Waals surface area contributed by atoms with Crippen LogP contribution in [0.2, 0.25) is 0 Å². The van der Waals surface area contributed by atoms with E-state index in [9.17, 15) is 0 Å². The van der Waals surface area contributed by atoms with E-state index in [2.05, 4.69) is 0 Å². The minimum absolute atomic E-state index is 0.229. The third kappa shape index (κ3) is 3.03. The van der Waals surface area contributed by atoms with Crippen molar-refractivity contribution in [3.8, 4) is 0 Å². The lowest BCUT2D eigenvalue weighted by Gasteiger charge is -1.91. The highest BCUT2D eigenvalue weighted by atomic mass is 35.5. The Morgan fingerprint density at radius 3 is 1.25 bits per heavy atom. The molecule has 0 saturated carbocycles. The number of allylic oxidation sites excluding steroid dienone is 2. The van der Waals surface area contributed by atoms with Crippen LogP contribution in [0.5, 0.6) is 0 Å². The molecule has 0 aliphatic heterocycles. The molecule has 0 heterocycles. The van der Waals surface area contributed by atoms with Gasteiger partial charge < -0.3 is 0 Å². The molecular formula is C4H4Cl4. The molecule has 0 nitrogen and oxygen atoms in total. The van der Waals surface area contributed by atoms with Crippen LogP contribution in [0, 0.1) is 0 Å². The molecule has 0 aromatic rings. The number of hydrogen-bond acceptors (Lipinski definition) is 0. The highest BCUT2D eigenvalue weighted by molar-refractivity contribution is 6.44. The highest BCUT2D eigenvalue weighted by Crippen LogP contribution is 2.15. The fourth-order valence-corrected chi connectivity index (χ4v) is 0.738. The van der Waals surface area contributed by atoms with Crippen molar-refractivity contribution in [1.82, 2.24) is 0 Å². The molecule has 0 bridgehead atoms. The summed E-state index contributed by atoms with van der Waals surface area (Å²) in [6.07, 6.45) is 0. The Morgan fingerprint density at radius 2 is 1.12 bits per heavy atom. The number of halogens is 4. The fourth-order valence-electron chi connectivity index (χ4n) is 0.145. The summed E-state index contributed by atoms with van der Waals surface area (Å²) >= 11 is 21.5. The van der Waals surface area contributed by atoms with Crippen molar-refractivity contribution in [2.24, 2.45) is 0 Å². The van der Waals surface area contributed by atoms with Gasteiger partial charge in [-0.1, -0.05) is 23.2 Å². The summed E-state index contributed by atoms with van der Waals surface area (Å²) in [5, 5.41) is 0.840. The van der Waals surface area contributed by atoms with Crippen molar-refractivity contribution in [2.75, 3.05) is 11.8 Å².